The maximum absolute atomic E-state index is 9.42. The van der Waals surface area contributed by atoms with Crippen molar-refractivity contribution in [1.29, 1.82) is 0 Å². The van der Waals surface area contributed by atoms with Gasteiger partial charge in [-0.15, -0.1) is 0 Å². The standard InChI is InChI=1S/C17H36O2/c1-2-17(19)15-13-11-9-7-5-3-4-6-8-10-12-14-16-18/h17-19H,2-16H2,1H3. The van der Waals surface area contributed by atoms with Crippen LogP contribution in [0.1, 0.15) is 96.8 Å². The molecule has 0 amide bonds. The Labute approximate surface area is 120 Å². The molecule has 0 aromatic rings. The zero-order valence-corrected chi connectivity index (χ0v) is 13.1. The topological polar surface area (TPSA) is 40.5 Å². The summed E-state index contributed by atoms with van der Waals surface area (Å²) in [4.78, 5) is 0. The first kappa shape index (κ1) is 18.9. The molecule has 1 atom stereocenters. The van der Waals surface area contributed by atoms with Crippen LogP contribution in [0.25, 0.3) is 0 Å². The van der Waals surface area contributed by atoms with E-state index in [2.05, 4.69) is 6.92 Å². The summed E-state index contributed by atoms with van der Waals surface area (Å²) in [6, 6.07) is 0. The molecule has 0 aliphatic heterocycles. The highest BCUT2D eigenvalue weighted by Crippen LogP contribution is 2.13. The summed E-state index contributed by atoms with van der Waals surface area (Å²) >= 11 is 0. The zero-order valence-electron chi connectivity index (χ0n) is 13.1. The lowest BCUT2D eigenvalue weighted by Gasteiger charge is -2.06. The molecule has 0 bridgehead atoms. The van der Waals surface area contributed by atoms with Crippen LogP contribution in [0.2, 0.25) is 0 Å². The summed E-state index contributed by atoms with van der Waals surface area (Å²) in [5.41, 5.74) is 0. The Morgan fingerprint density at radius 1 is 0.632 bits per heavy atom. The number of hydrogen-bond acceptors (Lipinski definition) is 2. The SMILES string of the molecule is CCC(O)CCCCCCCCCCCCCCO. The minimum absolute atomic E-state index is 0.0640. The number of unbranched alkanes of at least 4 members (excludes halogenated alkanes) is 11. The minimum atomic E-state index is -0.0640. The molecule has 0 aromatic carbocycles. The van der Waals surface area contributed by atoms with Crippen LogP contribution >= 0.6 is 0 Å². The van der Waals surface area contributed by atoms with Crippen molar-refractivity contribution >= 4 is 0 Å². The van der Waals surface area contributed by atoms with Crippen LogP contribution < -0.4 is 0 Å². The van der Waals surface area contributed by atoms with E-state index in [0.717, 1.165) is 19.3 Å². The van der Waals surface area contributed by atoms with E-state index in [4.69, 9.17) is 5.11 Å². The van der Waals surface area contributed by atoms with Crippen molar-refractivity contribution < 1.29 is 10.2 Å². The molecule has 2 heteroatoms. The molecule has 19 heavy (non-hydrogen) atoms. The molecule has 0 saturated carbocycles. The maximum Gasteiger partial charge on any atom is 0.0537 e. The van der Waals surface area contributed by atoms with E-state index >= 15 is 0 Å². The monoisotopic (exact) mass is 272 g/mol. The van der Waals surface area contributed by atoms with Crippen molar-refractivity contribution in [3.63, 3.8) is 0 Å². The van der Waals surface area contributed by atoms with Gasteiger partial charge in [0.2, 0.25) is 0 Å². The summed E-state index contributed by atoms with van der Waals surface area (Å²) in [6.07, 6.45) is 17.3. The van der Waals surface area contributed by atoms with E-state index < -0.39 is 0 Å². The van der Waals surface area contributed by atoms with Crippen LogP contribution in [-0.2, 0) is 0 Å². The normalized spacial score (nSPS) is 12.8. The Morgan fingerprint density at radius 3 is 1.37 bits per heavy atom. The minimum Gasteiger partial charge on any atom is -0.396 e. The van der Waals surface area contributed by atoms with Crippen molar-refractivity contribution in [1.82, 2.24) is 0 Å². The quantitative estimate of drug-likeness (QED) is 0.420. The van der Waals surface area contributed by atoms with Gasteiger partial charge in [-0.2, -0.15) is 0 Å². The molecule has 0 fully saturated rings. The second-order valence-electron chi connectivity index (χ2n) is 5.82. The van der Waals surface area contributed by atoms with Crippen LogP contribution in [0, 0.1) is 0 Å². The number of rotatable bonds is 15. The van der Waals surface area contributed by atoms with Gasteiger partial charge < -0.3 is 10.2 Å². The summed E-state index contributed by atoms with van der Waals surface area (Å²) in [5, 5.41) is 18.1. The molecule has 116 valence electrons. The van der Waals surface area contributed by atoms with Crippen molar-refractivity contribution in [2.24, 2.45) is 0 Å². The van der Waals surface area contributed by atoms with Crippen molar-refractivity contribution in [3.05, 3.63) is 0 Å². The molecule has 1 unspecified atom stereocenters. The second-order valence-corrected chi connectivity index (χ2v) is 5.82. The molecule has 0 aliphatic rings. The lowest BCUT2D eigenvalue weighted by molar-refractivity contribution is 0.156. The third-order valence-corrected chi connectivity index (χ3v) is 3.92. The molecular formula is C17H36O2. The average molecular weight is 272 g/mol. The van der Waals surface area contributed by atoms with Gasteiger partial charge in [-0.25, -0.2) is 0 Å². The van der Waals surface area contributed by atoms with Gasteiger partial charge in [0.25, 0.3) is 0 Å². The smallest absolute Gasteiger partial charge is 0.0537 e. The number of hydrogen-bond donors (Lipinski definition) is 2. The summed E-state index contributed by atoms with van der Waals surface area (Å²) in [6.45, 7) is 2.41. The largest absolute Gasteiger partial charge is 0.396 e. The molecular weight excluding hydrogens is 236 g/mol. The molecule has 0 heterocycles. The highest BCUT2D eigenvalue weighted by Gasteiger charge is 1.99. The summed E-state index contributed by atoms with van der Waals surface area (Å²) in [7, 11) is 0. The van der Waals surface area contributed by atoms with Crippen molar-refractivity contribution in [2.75, 3.05) is 6.61 Å². The van der Waals surface area contributed by atoms with Gasteiger partial charge in [-0.05, 0) is 19.3 Å². The van der Waals surface area contributed by atoms with Gasteiger partial charge in [0.15, 0.2) is 0 Å². The summed E-state index contributed by atoms with van der Waals surface area (Å²) < 4.78 is 0. The fraction of sp³-hybridized carbons (Fsp3) is 1.00. The van der Waals surface area contributed by atoms with Crippen LogP contribution in [0.3, 0.4) is 0 Å². The first-order chi connectivity index (χ1) is 9.31. The molecule has 0 aliphatic carbocycles. The van der Waals surface area contributed by atoms with E-state index in [1.165, 1.54) is 70.6 Å². The molecule has 0 saturated heterocycles. The molecule has 0 radical (unpaired) electrons. The Kier molecular flexibility index (Phi) is 15.9. The van der Waals surface area contributed by atoms with Gasteiger partial charge in [0, 0.05) is 6.61 Å². The van der Waals surface area contributed by atoms with E-state index in [1.54, 1.807) is 0 Å². The van der Waals surface area contributed by atoms with Crippen LogP contribution in [0.4, 0.5) is 0 Å². The molecule has 0 rings (SSSR count). The van der Waals surface area contributed by atoms with Crippen molar-refractivity contribution in [2.45, 2.75) is 103 Å². The van der Waals surface area contributed by atoms with Crippen LogP contribution in [-0.4, -0.2) is 22.9 Å². The Morgan fingerprint density at radius 2 is 1.00 bits per heavy atom. The summed E-state index contributed by atoms with van der Waals surface area (Å²) in [5.74, 6) is 0. The fourth-order valence-electron chi connectivity index (χ4n) is 2.46. The van der Waals surface area contributed by atoms with Crippen LogP contribution in [0.5, 0.6) is 0 Å². The first-order valence-corrected chi connectivity index (χ1v) is 8.60. The highest BCUT2D eigenvalue weighted by atomic mass is 16.3. The number of aliphatic hydroxyl groups is 2. The van der Waals surface area contributed by atoms with E-state index in [0.29, 0.717) is 6.61 Å². The van der Waals surface area contributed by atoms with Gasteiger partial charge in [0.05, 0.1) is 6.10 Å². The maximum atomic E-state index is 9.42. The lowest BCUT2D eigenvalue weighted by atomic mass is 10.0. The van der Waals surface area contributed by atoms with Crippen LogP contribution in [0.15, 0.2) is 0 Å². The predicted molar refractivity (Wildman–Crippen MR) is 83.4 cm³/mol. The van der Waals surface area contributed by atoms with E-state index in [1.807, 2.05) is 0 Å². The van der Waals surface area contributed by atoms with Gasteiger partial charge in [0.1, 0.15) is 0 Å². The Hall–Kier alpha value is -0.0800. The number of aliphatic hydroxyl groups excluding tert-OH is 2. The second kappa shape index (κ2) is 16.0. The Bertz CT molecular complexity index is 159. The third kappa shape index (κ3) is 15.9. The fourth-order valence-corrected chi connectivity index (χ4v) is 2.46. The molecule has 2 N–H and O–H groups in total. The van der Waals surface area contributed by atoms with Gasteiger partial charge in [-0.1, -0.05) is 77.6 Å². The van der Waals surface area contributed by atoms with Crippen molar-refractivity contribution in [3.8, 4) is 0 Å². The first-order valence-electron chi connectivity index (χ1n) is 8.60. The zero-order chi connectivity index (χ0) is 14.2. The van der Waals surface area contributed by atoms with E-state index in [-0.39, 0.29) is 6.10 Å². The highest BCUT2D eigenvalue weighted by molar-refractivity contribution is 4.53. The van der Waals surface area contributed by atoms with E-state index in [9.17, 15) is 5.11 Å². The predicted octanol–water partition coefficient (Wildman–Crippen LogP) is 4.82. The molecule has 0 aromatic heterocycles. The molecule has 2 nitrogen and oxygen atoms in total. The average Bonchev–Trinajstić information content (AvgIpc) is 2.43. The van der Waals surface area contributed by atoms with Gasteiger partial charge >= 0.3 is 0 Å². The molecule has 0 spiro atoms. The lowest BCUT2D eigenvalue weighted by Crippen LogP contribution is -2.03. The third-order valence-electron chi connectivity index (χ3n) is 3.92. The Balaban J connectivity index is 2.95. The van der Waals surface area contributed by atoms with Gasteiger partial charge in [-0.3, -0.25) is 0 Å².